The molecule has 0 aliphatic carbocycles. The van der Waals surface area contributed by atoms with E-state index in [0.717, 1.165) is 52.8 Å². The number of nitrogens with two attached hydrogens (primary N) is 1. The number of piperidine rings is 1. The van der Waals surface area contributed by atoms with E-state index in [1.54, 1.807) is 13.8 Å². The molecule has 0 spiro atoms. The number of aliphatic hydroxyl groups is 1. The number of carbonyl (C=O) groups excluding carboxylic acids is 2. The molecule has 30 heavy (non-hydrogen) atoms. The SMILES string of the molecule is Cc1[nH]c2c(CC(N)=O)ccc(N3CCC[C@H](NC(=O)C#CC(C)(C)O)C3)c2c1C. The van der Waals surface area contributed by atoms with Gasteiger partial charge in [0.1, 0.15) is 5.60 Å². The van der Waals surface area contributed by atoms with Gasteiger partial charge in [0.15, 0.2) is 0 Å². The summed E-state index contributed by atoms with van der Waals surface area (Å²) >= 11 is 0. The Morgan fingerprint density at radius 2 is 2.10 bits per heavy atom. The third kappa shape index (κ3) is 4.95. The van der Waals surface area contributed by atoms with E-state index in [9.17, 15) is 14.7 Å². The Morgan fingerprint density at radius 1 is 1.37 bits per heavy atom. The number of amides is 2. The molecule has 7 nitrogen and oxygen atoms in total. The zero-order valence-electron chi connectivity index (χ0n) is 18.1. The molecule has 1 aromatic heterocycles. The smallest absolute Gasteiger partial charge is 0.296 e. The maximum atomic E-state index is 12.2. The lowest BCUT2D eigenvalue weighted by Crippen LogP contribution is -2.47. The van der Waals surface area contributed by atoms with Crippen molar-refractivity contribution in [3.63, 3.8) is 0 Å². The number of H-pyrrole nitrogens is 1. The van der Waals surface area contributed by atoms with Crippen LogP contribution < -0.4 is 16.0 Å². The van der Waals surface area contributed by atoms with Crippen molar-refractivity contribution >= 4 is 28.4 Å². The van der Waals surface area contributed by atoms with E-state index in [0.29, 0.717) is 6.54 Å². The molecule has 2 amide bonds. The Bertz CT molecular complexity index is 1040. The van der Waals surface area contributed by atoms with Gasteiger partial charge < -0.3 is 26.0 Å². The minimum atomic E-state index is -1.20. The highest BCUT2D eigenvalue weighted by atomic mass is 16.3. The summed E-state index contributed by atoms with van der Waals surface area (Å²) in [5.74, 6) is 4.29. The van der Waals surface area contributed by atoms with Crippen molar-refractivity contribution in [2.75, 3.05) is 18.0 Å². The number of aromatic amines is 1. The number of nitrogens with one attached hydrogen (secondary N) is 2. The van der Waals surface area contributed by atoms with Crippen LogP contribution >= 0.6 is 0 Å². The van der Waals surface area contributed by atoms with Crippen molar-refractivity contribution in [3.8, 4) is 11.8 Å². The zero-order chi connectivity index (χ0) is 22.1. The first-order valence-corrected chi connectivity index (χ1v) is 10.2. The highest BCUT2D eigenvalue weighted by Crippen LogP contribution is 2.35. The third-order valence-electron chi connectivity index (χ3n) is 5.46. The van der Waals surface area contributed by atoms with Gasteiger partial charge in [0.05, 0.1) is 11.9 Å². The van der Waals surface area contributed by atoms with Crippen molar-refractivity contribution in [2.45, 2.75) is 58.6 Å². The fourth-order valence-electron chi connectivity index (χ4n) is 3.97. The lowest BCUT2D eigenvalue weighted by molar-refractivity contribution is -0.117. The standard InChI is InChI=1S/C23H30N4O3/c1-14-15(2)25-22-16(12-19(24)28)7-8-18(21(14)22)27-11-5-6-17(13-27)26-20(29)9-10-23(3,4)30/h7-8,17,25,30H,5-6,11-13H2,1-4H3,(H2,24,28)(H,26,29)/t17-/m0/s1. The number of hydrogen-bond acceptors (Lipinski definition) is 4. The molecular weight excluding hydrogens is 380 g/mol. The molecule has 0 bridgehead atoms. The van der Waals surface area contributed by atoms with Crippen LogP contribution in [0.4, 0.5) is 5.69 Å². The molecule has 0 radical (unpaired) electrons. The molecule has 2 heterocycles. The summed E-state index contributed by atoms with van der Waals surface area (Å²) in [5, 5.41) is 13.7. The maximum absolute atomic E-state index is 12.2. The molecule has 1 aliphatic heterocycles. The number of aryl methyl sites for hydroxylation is 2. The van der Waals surface area contributed by atoms with Crippen molar-refractivity contribution in [1.29, 1.82) is 0 Å². The van der Waals surface area contributed by atoms with Crippen LogP contribution in [0.1, 0.15) is 43.5 Å². The fraction of sp³-hybridized carbons (Fsp3) is 0.478. The number of aromatic nitrogens is 1. The van der Waals surface area contributed by atoms with E-state index >= 15 is 0 Å². The molecule has 0 unspecified atom stereocenters. The Kier molecular flexibility index (Phi) is 6.09. The number of nitrogens with zero attached hydrogens (tertiary/aromatic N) is 1. The zero-order valence-corrected chi connectivity index (χ0v) is 18.1. The van der Waals surface area contributed by atoms with Gasteiger partial charge in [-0.15, -0.1) is 0 Å². The number of hydrogen-bond donors (Lipinski definition) is 4. The van der Waals surface area contributed by atoms with Crippen LogP contribution in [-0.4, -0.2) is 46.6 Å². The van der Waals surface area contributed by atoms with Gasteiger partial charge in [-0.05, 0) is 63.7 Å². The van der Waals surface area contributed by atoms with Gasteiger partial charge in [0.25, 0.3) is 5.91 Å². The highest BCUT2D eigenvalue weighted by molar-refractivity contribution is 5.99. The van der Waals surface area contributed by atoms with Gasteiger partial charge in [0, 0.05) is 35.9 Å². The van der Waals surface area contributed by atoms with Gasteiger partial charge in [-0.3, -0.25) is 9.59 Å². The van der Waals surface area contributed by atoms with Crippen LogP contribution in [0.3, 0.4) is 0 Å². The second-order valence-electron chi connectivity index (χ2n) is 8.58. The summed E-state index contributed by atoms with van der Waals surface area (Å²) in [6, 6.07) is 3.97. The lowest BCUT2D eigenvalue weighted by atomic mass is 10.00. The summed E-state index contributed by atoms with van der Waals surface area (Å²) in [5.41, 5.74) is 9.36. The first kappa shape index (κ1) is 21.7. The minimum absolute atomic E-state index is 0.0250. The molecule has 1 saturated heterocycles. The molecule has 1 atom stereocenters. The summed E-state index contributed by atoms with van der Waals surface area (Å²) < 4.78 is 0. The maximum Gasteiger partial charge on any atom is 0.296 e. The van der Waals surface area contributed by atoms with Gasteiger partial charge in [-0.1, -0.05) is 12.0 Å². The van der Waals surface area contributed by atoms with Crippen molar-refractivity contribution in [1.82, 2.24) is 10.3 Å². The minimum Gasteiger partial charge on any atom is -0.378 e. The van der Waals surface area contributed by atoms with Crippen LogP contribution in [0, 0.1) is 25.7 Å². The van der Waals surface area contributed by atoms with Crippen LogP contribution in [-0.2, 0) is 16.0 Å². The highest BCUT2D eigenvalue weighted by Gasteiger charge is 2.24. The first-order chi connectivity index (χ1) is 14.0. The lowest BCUT2D eigenvalue weighted by Gasteiger charge is -2.35. The molecule has 5 N–H and O–H groups in total. The Labute approximate surface area is 177 Å². The molecular formula is C23H30N4O3. The molecule has 1 fully saturated rings. The number of fused-ring (bicyclic) bond motifs is 1. The normalized spacial score (nSPS) is 16.8. The van der Waals surface area contributed by atoms with Crippen molar-refractivity contribution in [3.05, 3.63) is 29.0 Å². The van der Waals surface area contributed by atoms with E-state index in [2.05, 4.69) is 34.0 Å². The molecule has 160 valence electrons. The molecule has 1 aliphatic rings. The van der Waals surface area contributed by atoms with E-state index < -0.39 is 5.60 Å². The molecule has 7 heteroatoms. The van der Waals surface area contributed by atoms with E-state index in [1.807, 2.05) is 19.1 Å². The molecule has 3 rings (SSSR count). The predicted octanol–water partition coefficient (Wildman–Crippen LogP) is 1.67. The van der Waals surface area contributed by atoms with Crippen molar-refractivity contribution in [2.24, 2.45) is 5.73 Å². The number of anilines is 1. The molecule has 2 aromatic rings. The Balaban J connectivity index is 1.86. The molecule has 1 aromatic carbocycles. The van der Waals surface area contributed by atoms with Crippen LogP contribution in [0.2, 0.25) is 0 Å². The second-order valence-corrected chi connectivity index (χ2v) is 8.58. The van der Waals surface area contributed by atoms with Crippen LogP contribution in [0.15, 0.2) is 12.1 Å². The Morgan fingerprint density at radius 3 is 2.77 bits per heavy atom. The average molecular weight is 411 g/mol. The predicted molar refractivity (Wildman–Crippen MR) is 118 cm³/mol. The number of benzene rings is 1. The van der Waals surface area contributed by atoms with Gasteiger partial charge >= 0.3 is 0 Å². The van der Waals surface area contributed by atoms with Gasteiger partial charge in [-0.2, -0.15) is 0 Å². The average Bonchev–Trinajstić information content (AvgIpc) is 2.95. The van der Waals surface area contributed by atoms with Gasteiger partial charge in [-0.25, -0.2) is 0 Å². The summed E-state index contributed by atoms with van der Waals surface area (Å²) in [6.07, 6.45) is 2.01. The van der Waals surface area contributed by atoms with Crippen molar-refractivity contribution < 1.29 is 14.7 Å². The van der Waals surface area contributed by atoms with Crippen LogP contribution in [0.5, 0.6) is 0 Å². The van der Waals surface area contributed by atoms with E-state index in [4.69, 9.17) is 5.73 Å². The first-order valence-electron chi connectivity index (χ1n) is 10.2. The number of rotatable bonds is 4. The fourth-order valence-corrected chi connectivity index (χ4v) is 3.97. The van der Waals surface area contributed by atoms with E-state index in [1.165, 1.54) is 0 Å². The summed E-state index contributed by atoms with van der Waals surface area (Å²) in [4.78, 5) is 29.3. The monoisotopic (exact) mass is 410 g/mol. The molecule has 0 saturated carbocycles. The Hall–Kier alpha value is -2.98. The third-order valence-corrected chi connectivity index (χ3v) is 5.46. The largest absolute Gasteiger partial charge is 0.378 e. The summed E-state index contributed by atoms with van der Waals surface area (Å²) in [6.45, 7) is 8.74. The summed E-state index contributed by atoms with van der Waals surface area (Å²) in [7, 11) is 0. The number of carbonyl (C=O) groups is 2. The van der Waals surface area contributed by atoms with Crippen LogP contribution in [0.25, 0.3) is 10.9 Å². The topological polar surface area (TPSA) is 111 Å². The second kappa shape index (κ2) is 8.41. The number of primary amides is 1. The quantitative estimate of drug-likeness (QED) is 0.575. The van der Waals surface area contributed by atoms with E-state index in [-0.39, 0.29) is 24.3 Å². The van der Waals surface area contributed by atoms with Gasteiger partial charge in [0.2, 0.25) is 5.91 Å².